The molecule has 3 nitrogen and oxygen atoms in total. The Morgan fingerprint density at radius 2 is 1.84 bits per heavy atom. The summed E-state index contributed by atoms with van der Waals surface area (Å²) in [6, 6.07) is 6.26. The van der Waals surface area contributed by atoms with Crippen LogP contribution in [0.4, 0.5) is 4.39 Å². The molecule has 0 aromatic heterocycles. The maximum Gasteiger partial charge on any atom is 0.260 e. The molecule has 1 fully saturated rings. The number of benzene rings is 1. The number of halogens is 1. The van der Waals surface area contributed by atoms with Gasteiger partial charge in [0, 0.05) is 12.1 Å². The molecule has 0 saturated carbocycles. The van der Waals surface area contributed by atoms with Crippen LogP contribution in [-0.4, -0.2) is 29.5 Å². The SMILES string of the molecule is C[C@@H]1CCC[C@@H](C)N1C(=O)COc1ccc(F)cc1. The summed E-state index contributed by atoms with van der Waals surface area (Å²) in [5.74, 6) is 0.216. The van der Waals surface area contributed by atoms with E-state index in [0.717, 1.165) is 12.8 Å². The van der Waals surface area contributed by atoms with Gasteiger partial charge in [-0.1, -0.05) is 0 Å². The first kappa shape index (κ1) is 13.8. The van der Waals surface area contributed by atoms with E-state index in [0.29, 0.717) is 5.75 Å². The molecule has 1 aliphatic heterocycles. The highest BCUT2D eigenvalue weighted by Gasteiger charge is 2.28. The Morgan fingerprint density at radius 1 is 1.26 bits per heavy atom. The van der Waals surface area contributed by atoms with E-state index in [1.165, 1.54) is 30.7 Å². The summed E-state index contributed by atoms with van der Waals surface area (Å²) in [6.07, 6.45) is 3.27. The molecule has 4 heteroatoms. The van der Waals surface area contributed by atoms with Crippen molar-refractivity contribution >= 4 is 5.91 Å². The molecule has 1 amide bonds. The fraction of sp³-hybridized carbons (Fsp3) is 0.533. The van der Waals surface area contributed by atoms with Crippen molar-refractivity contribution in [3.05, 3.63) is 30.1 Å². The van der Waals surface area contributed by atoms with Gasteiger partial charge in [-0.3, -0.25) is 4.79 Å². The Bertz CT molecular complexity index is 422. The Kier molecular flexibility index (Phi) is 4.40. The third-order valence-corrected chi connectivity index (χ3v) is 3.66. The topological polar surface area (TPSA) is 29.5 Å². The minimum absolute atomic E-state index is 0.00373. The molecular weight excluding hydrogens is 245 g/mol. The minimum atomic E-state index is -0.308. The minimum Gasteiger partial charge on any atom is -0.484 e. The van der Waals surface area contributed by atoms with Crippen molar-refractivity contribution in [3.63, 3.8) is 0 Å². The molecule has 2 rings (SSSR count). The Labute approximate surface area is 113 Å². The standard InChI is InChI=1S/C15H20FNO2/c1-11-4-3-5-12(2)17(11)15(18)10-19-14-8-6-13(16)7-9-14/h6-9,11-12H,3-5,10H2,1-2H3/t11-,12-/m1/s1. The molecule has 0 spiro atoms. The van der Waals surface area contributed by atoms with Crippen LogP contribution in [0.5, 0.6) is 5.75 Å². The van der Waals surface area contributed by atoms with E-state index in [-0.39, 0.29) is 30.4 Å². The van der Waals surface area contributed by atoms with Crippen LogP contribution in [0.1, 0.15) is 33.1 Å². The Balaban J connectivity index is 1.91. The van der Waals surface area contributed by atoms with E-state index >= 15 is 0 Å². The van der Waals surface area contributed by atoms with Gasteiger partial charge in [0.2, 0.25) is 0 Å². The van der Waals surface area contributed by atoms with Crippen molar-refractivity contribution in [1.82, 2.24) is 4.90 Å². The quantitative estimate of drug-likeness (QED) is 0.841. The van der Waals surface area contributed by atoms with E-state index in [1.807, 2.05) is 4.90 Å². The van der Waals surface area contributed by atoms with Crippen molar-refractivity contribution in [2.24, 2.45) is 0 Å². The summed E-state index contributed by atoms with van der Waals surface area (Å²) in [4.78, 5) is 14.1. The third-order valence-electron chi connectivity index (χ3n) is 3.66. The average Bonchev–Trinajstić information content (AvgIpc) is 2.38. The van der Waals surface area contributed by atoms with E-state index in [4.69, 9.17) is 4.74 Å². The zero-order valence-corrected chi connectivity index (χ0v) is 11.4. The summed E-state index contributed by atoms with van der Waals surface area (Å²) in [5, 5.41) is 0. The Hall–Kier alpha value is -1.58. The zero-order chi connectivity index (χ0) is 13.8. The molecule has 1 aromatic carbocycles. The second kappa shape index (κ2) is 6.04. The van der Waals surface area contributed by atoms with Crippen LogP contribution in [0, 0.1) is 5.82 Å². The van der Waals surface area contributed by atoms with Crippen LogP contribution in [0.3, 0.4) is 0 Å². The van der Waals surface area contributed by atoms with Gasteiger partial charge in [-0.25, -0.2) is 4.39 Å². The molecule has 1 heterocycles. The lowest BCUT2D eigenvalue weighted by Gasteiger charge is -2.38. The molecule has 104 valence electrons. The number of rotatable bonds is 3. The number of ether oxygens (including phenoxy) is 1. The van der Waals surface area contributed by atoms with Crippen molar-refractivity contribution in [1.29, 1.82) is 0 Å². The number of carbonyl (C=O) groups excluding carboxylic acids is 1. The lowest BCUT2D eigenvalue weighted by molar-refractivity contribution is -0.139. The van der Waals surface area contributed by atoms with Gasteiger partial charge < -0.3 is 9.64 Å². The molecule has 1 aliphatic rings. The van der Waals surface area contributed by atoms with E-state index in [1.54, 1.807) is 0 Å². The molecule has 1 aromatic rings. The first-order chi connectivity index (χ1) is 9.08. The van der Waals surface area contributed by atoms with Gasteiger partial charge in [0.15, 0.2) is 6.61 Å². The van der Waals surface area contributed by atoms with Crippen molar-refractivity contribution in [2.75, 3.05) is 6.61 Å². The molecule has 19 heavy (non-hydrogen) atoms. The molecule has 0 unspecified atom stereocenters. The number of amides is 1. The summed E-state index contributed by atoms with van der Waals surface area (Å²) in [6.45, 7) is 4.16. The molecule has 0 radical (unpaired) electrons. The van der Waals surface area contributed by atoms with Crippen LogP contribution in [0.15, 0.2) is 24.3 Å². The van der Waals surface area contributed by atoms with Gasteiger partial charge in [-0.15, -0.1) is 0 Å². The van der Waals surface area contributed by atoms with Gasteiger partial charge in [0.25, 0.3) is 5.91 Å². The summed E-state index contributed by atoms with van der Waals surface area (Å²) < 4.78 is 18.2. The number of piperidine rings is 1. The van der Waals surface area contributed by atoms with E-state index in [2.05, 4.69) is 13.8 Å². The van der Waals surface area contributed by atoms with Gasteiger partial charge in [0.05, 0.1) is 0 Å². The van der Waals surface area contributed by atoms with Gasteiger partial charge >= 0.3 is 0 Å². The second-order valence-electron chi connectivity index (χ2n) is 5.17. The predicted octanol–water partition coefficient (Wildman–Crippen LogP) is 2.99. The Morgan fingerprint density at radius 3 is 2.42 bits per heavy atom. The fourth-order valence-corrected chi connectivity index (χ4v) is 2.66. The number of likely N-dealkylation sites (tertiary alicyclic amines) is 1. The molecular formula is C15H20FNO2. The number of carbonyl (C=O) groups is 1. The van der Waals surface area contributed by atoms with E-state index in [9.17, 15) is 9.18 Å². The predicted molar refractivity (Wildman–Crippen MR) is 71.5 cm³/mol. The number of hydrogen-bond acceptors (Lipinski definition) is 2. The molecule has 0 N–H and O–H groups in total. The number of hydrogen-bond donors (Lipinski definition) is 0. The maximum absolute atomic E-state index is 12.7. The summed E-state index contributed by atoms with van der Waals surface area (Å²) >= 11 is 0. The van der Waals surface area contributed by atoms with Gasteiger partial charge in [-0.2, -0.15) is 0 Å². The average molecular weight is 265 g/mol. The lowest BCUT2D eigenvalue weighted by Crippen LogP contribution is -2.49. The van der Waals surface area contributed by atoms with Crippen LogP contribution >= 0.6 is 0 Å². The highest BCUT2D eigenvalue weighted by atomic mass is 19.1. The van der Waals surface area contributed by atoms with Crippen molar-refractivity contribution < 1.29 is 13.9 Å². The largest absolute Gasteiger partial charge is 0.484 e. The molecule has 0 bridgehead atoms. The highest BCUT2D eigenvalue weighted by Crippen LogP contribution is 2.22. The van der Waals surface area contributed by atoms with Crippen LogP contribution in [0.25, 0.3) is 0 Å². The second-order valence-corrected chi connectivity index (χ2v) is 5.17. The van der Waals surface area contributed by atoms with Crippen LogP contribution in [0.2, 0.25) is 0 Å². The molecule has 2 atom stereocenters. The van der Waals surface area contributed by atoms with E-state index < -0.39 is 0 Å². The van der Waals surface area contributed by atoms with Gasteiger partial charge in [-0.05, 0) is 57.4 Å². The third kappa shape index (κ3) is 3.46. The number of nitrogens with zero attached hydrogens (tertiary/aromatic N) is 1. The van der Waals surface area contributed by atoms with Crippen LogP contribution < -0.4 is 4.74 Å². The smallest absolute Gasteiger partial charge is 0.260 e. The maximum atomic E-state index is 12.7. The first-order valence-electron chi connectivity index (χ1n) is 6.77. The molecule has 0 aliphatic carbocycles. The van der Waals surface area contributed by atoms with Crippen molar-refractivity contribution in [2.45, 2.75) is 45.2 Å². The monoisotopic (exact) mass is 265 g/mol. The van der Waals surface area contributed by atoms with Crippen LogP contribution in [-0.2, 0) is 4.79 Å². The summed E-state index contributed by atoms with van der Waals surface area (Å²) in [5.41, 5.74) is 0. The zero-order valence-electron chi connectivity index (χ0n) is 11.4. The normalized spacial score (nSPS) is 23.2. The van der Waals surface area contributed by atoms with Gasteiger partial charge in [0.1, 0.15) is 11.6 Å². The first-order valence-corrected chi connectivity index (χ1v) is 6.77. The lowest BCUT2D eigenvalue weighted by atomic mass is 9.97. The molecule has 1 saturated heterocycles. The highest BCUT2D eigenvalue weighted by molar-refractivity contribution is 5.78. The fourth-order valence-electron chi connectivity index (χ4n) is 2.66. The van der Waals surface area contributed by atoms with Crippen molar-refractivity contribution in [3.8, 4) is 5.75 Å². The summed E-state index contributed by atoms with van der Waals surface area (Å²) in [7, 11) is 0.